The number of carbonyl (C=O) groups is 1. The van der Waals surface area contributed by atoms with Gasteiger partial charge in [-0.2, -0.15) is 0 Å². The molecule has 0 atom stereocenters. The molecule has 0 aliphatic heterocycles. The molecule has 1 heterocycles. The Labute approximate surface area is 119 Å². The molecule has 1 amide bonds. The lowest BCUT2D eigenvalue weighted by Gasteiger charge is -2.06. The van der Waals surface area contributed by atoms with Crippen LogP contribution in [0.3, 0.4) is 0 Å². The number of aliphatic hydroxyl groups excluding tert-OH is 1. The molecule has 0 aliphatic carbocycles. The van der Waals surface area contributed by atoms with Crippen LogP contribution in [0.5, 0.6) is 0 Å². The lowest BCUT2D eigenvalue weighted by molar-refractivity contribution is 0.0912. The number of nitrogens with one attached hydrogen (secondary N) is 1. The summed E-state index contributed by atoms with van der Waals surface area (Å²) in [5.41, 5.74) is 1.05. The molecule has 1 aromatic rings. The van der Waals surface area contributed by atoms with Gasteiger partial charge in [-0.15, -0.1) is 0 Å². The highest BCUT2D eigenvalue weighted by atomic mass is 16.5. The van der Waals surface area contributed by atoms with Gasteiger partial charge in [-0.25, -0.2) is 0 Å². The Balaban J connectivity index is 2.39. The van der Waals surface area contributed by atoms with Crippen LogP contribution in [0.1, 0.15) is 35.7 Å². The third-order valence-electron chi connectivity index (χ3n) is 2.49. The molecule has 1 rings (SSSR count). The summed E-state index contributed by atoms with van der Waals surface area (Å²) in [6.07, 6.45) is 5.16. The quantitative estimate of drug-likeness (QED) is 0.575. The Kier molecular flexibility index (Phi) is 8.04. The van der Waals surface area contributed by atoms with Crippen LogP contribution in [0.2, 0.25) is 0 Å². The van der Waals surface area contributed by atoms with E-state index in [0.29, 0.717) is 24.3 Å². The molecule has 0 unspecified atom stereocenters. The van der Waals surface area contributed by atoms with Crippen molar-refractivity contribution in [1.82, 2.24) is 10.3 Å². The molecule has 0 radical (unpaired) electrons. The lowest BCUT2D eigenvalue weighted by Crippen LogP contribution is -2.27. The summed E-state index contributed by atoms with van der Waals surface area (Å²) in [6, 6.07) is 1.64. The number of carbonyl (C=O) groups excluding carboxylic acids is 1. The van der Waals surface area contributed by atoms with Crippen LogP contribution in [0.4, 0.5) is 0 Å². The van der Waals surface area contributed by atoms with Gasteiger partial charge in [0.2, 0.25) is 0 Å². The summed E-state index contributed by atoms with van der Waals surface area (Å²) in [7, 11) is 0. The predicted octanol–water partition coefficient (Wildman–Crippen LogP) is 0.972. The van der Waals surface area contributed by atoms with Crippen molar-refractivity contribution in [1.29, 1.82) is 0 Å². The second kappa shape index (κ2) is 9.96. The second-order valence-electron chi connectivity index (χ2n) is 4.14. The number of pyridine rings is 1. The molecular formula is C15H20N2O3. The third-order valence-corrected chi connectivity index (χ3v) is 2.49. The van der Waals surface area contributed by atoms with E-state index in [4.69, 9.17) is 9.84 Å². The van der Waals surface area contributed by atoms with E-state index in [2.05, 4.69) is 29.1 Å². The van der Waals surface area contributed by atoms with Crippen LogP contribution in [0.15, 0.2) is 18.5 Å². The average molecular weight is 276 g/mol. The molecule has 0 aliphatic rings. The summed E-state index contributed by atoms with van der Waals surface area (Å²) in [5, 5.41) is 11.4. The summed E-state index contributed by atoms with van der Waals surface area (Å²) in [4.78, 5) is 15.8. The summed E-state index contributed by atoms with van der Waals surface area (Å²) < 4.78 is 5.36. The fourth-order valence-electron chi connectivity index (χ4n) is 1.46. The van der Waals surface area contributed by atoms with Crippen molar-refractivity contribution in [2.24, 2.45) is 0 Å². The van der Waals surface area contributed by atoms with Gasteiger partial charge < -0.3 is 15.2 Å². The number of rotatable bonds is 7. The maximum atomic E-state index is 11.9. The Morgan fingerprint density at radius 3 is 3.05 bits per heavy atom. The van der Waals surface area contributed by atoms with Gasteiger partial charge in [-0.3, -0.25) is 9.78 Å². The van der Waals surface area contributed by atoms with Crippen molar-refractivity contribution in [3.63, 3.8) is 0 Å². The maximum absolute atomic E-state index is 11.9. The van der Waals surface area contributed by atoms with Crippen LogP contribution >= 0.6 is 0 Å². The van der Waals surface area contributed by atoms with Crippen molar-refractivity contribution in [2.75, 3.05) is 26.4 Å². The number of hydrogen-bond acceptors (Lipinski definition) is 4. The summed E-state index contributed by atoms with van der Waals surface area (Å²) in [5.74, 6) is 5.02. The van der Waals surface area contributed by atoms with Crippen molar-refractivity contribution in [2.45, 2.75) is 19.8 Å². The molecule has 1 aromatic heterocycles. The van der Waals surface area contributed by atoms with Crippen LogP contribution in [-0.2, 0) is 4.74 Å². The lowest BCUT2D eigenvalue weighted by atomic mass is 10.2. The first-order valence-electron chi connectivity index (χ1n) is 6.68. The molecule has 5 heteroatoms. The first-order valence-corrected chi connectivity index (χ1v) is 6.68. The Hall–Kier alpha value is -1.90. The van der Waals surface area contributed by atoms with Gasteiger partial charge in [-0.05, 0) is 12.5 Å². The fraction of sp³-hybridized carbons (Fsp3) is 0.467. The molecule has 0 saturated heterocycles. The number of nitrogens with zero attached hydrogens (tertiary/aromatic N) is 1. The van der Waals surface area contributed by atoms with Crippen LogP contribution in [0.25, 0.3) is 0 Å². The van der Waals surface area contributed by atoms with E-state index in [9.17, 15) is 4.79 Å². The average Bonchev–Trinajstić information content (AvgIpc) is 2.48. The van der Waals surface area contributed by atoms with Crippen LogP contribution < -0.4 is 5.32 Å². The zero-order chi connectivity index (χ0) is 14.6. The topological polar surface area (TPSA) is 71.5 Å². The molecule has 20 heavy (non-hydrogen) atoms. The number of unbranched alkanes of at least 4 members (excludes halogenated alkanes) is 1. The predicted molar refractivity (Wildman–Crippen MR) is 76.3 cm³/mol. The first-order chi connectivity index (χ1) is 9.77. The highest BCUT2D eigenvalue weighted by Crippen LogP contribution is 2.01. The number of amides is 1. The van der Waals surface area contributed by atoms with E-state index < -0.39 is 0 Å². The number of hydrogen-bond donors (Lipinski definition) is 2. The molecular weight excluding hydrogens is 256 g/mol. The van der Waals surface area contributed by atoms with Crippen molar-refractivity contribution >= 4 is 5.91 Å². The minimum Gasteiger partial charge on any atom is -0.384 e. The van der Waals surface area contributed by atoms with E-state index >= 15 is 0 Å². The largest absolute Gasteiger partial charge is 0.384 e. The number of aromatic nitrogens is 1. The second-order valence-corrected chi connectivity index (χ2v) is 4.14. The van der Waals surface area contributed by atoms with E-state index in [0.717, 1.165) is 19.4 Å². The molecule has 0 aromatic carbocycles. The highest BCUT2D eigenvalue weighted by molar-refractivity contribution is 5.94. The highest BCUT2D eigenvalue weighted by Gasteiger charge is 2.05. The van der Waals surface area contributed by atoms with Gasteiger partial charge in [0.05, 0.1) is 12.2 Å². The summed E-state index contributed by atoms with van der Waals surface area (Å²) in [6.45, 7) is 3.58. The number of aliphatic hydroxyl groups is 1. The van der Waals surface area contributed by atoms with Crippen molar-refractivity contribution < 1.29 is 14.6 Å². The van der Waals surface area contributed by atoms with Crippen molar-refractivity contribution in [3.05, 3.63) is 29.6 Å². The van der Waals surface area contributed by atoms with Gasteiger partial charge >= 0.3 is 0 Å². The standard InChI is InChI=1S/C15H20N2O3/c1-2-3-8-20-9-6-17-15(19)14-10-13(5-4-7-18)11-16-12-14/h10-12,18H,2-3,6-9H2,1H3,(H,17,19). The molecule has 108 valence electrons. The Morgan fingerprint density at radius 2 is 2.30 bits per heavy atom. The van der Waals surface area contributed by atoms with Gasteiger partial charge in [0.1, 0.15) is 6.61 Å². The zero-order valence-electron chi connectivity index (χ0n) is 11.7. The minimum absolute atomic E-state index is 0.204. The molecule has 0 fully saturated rings. The smallest absolute Gasteiger partial charge is 0.252 e. The van der Waals surface area contributed by atoms with Gasteiger partial charge in [0, 0.05) is 31.1 Å². The van der Waals surface area contributed by atoms with E-state index in [1.165, 1.54) is 6.20 Å². The van der Waals surface area contributed by atoms with Crippen LogP contribution in [0, 0.1) is 11.8 Å². The maximum Gasteiger partial charge on any atom is 0.252 e. The van der Waals surface area contributed by atoms with E-state index in [1.807, 2.05) is 0 Å². The third kappa shape index (κ3) is 6.32. The van der Waals surface area contributed by atoms with E-state index in [1.54, 1.807) is 12.3 Å². The Morgan fingerprint density at radius 1 is 1.45 bits per heavy atom. The zero-order valence-corrected chi connectivity index (χ0v) is 11.7. The van der Waals surface area contributed by atoms with Gasteiger partial charge in [0.15, 0.2) is 0 Å². The fourth-order valence-corrected chi connectivity index (χ4v) is 1.46. The summed E-state index contributed by atoms with van der Waals surface area (Å²) >= 11 is 0. The SMILES string of the molecule is CCCCOCCNC(=O)c1cncc(C#CCO)c1. The monoisotopic (exact) mass is 276 g/mol. The number of ether oxygens (including phenoxy) is 1. The molecule has 0 bridgehead atoms. The van der Waals surface area contributed by atoms with E-state index in [-0.39, 0.29) is 12.5 Å². The normalized spacial score (nSPS) is 9.70. The first kappa shape index (κ1) is 16.2. The van der Waals surface area contributed by atoms with Gasteiger partial charge in [0.25, 0.3) is 5.91 Å². The molecule has 5 nitrogen and oxygen atoms in total. The molecule has 0 spiro atoms. The molecule has 2 N–H and O–H groups in total. The minimum atomic E-state index is -0.217. The Bertz CT molecular complexity index is 477. The molecule has 0 saturated carbocycles. The van der Waals surface area contributed by atoms with Crippen LogP contribution in [-0.4, -0.2) is 42.4 Å². The van der Waals surface area contributed by atoms with Gasteiger partial charge in [-0.1, -0.05) is 25.2 Å². The van der Waals surface area contributed by atoms with Crippen molar-refractivity contribution in [3.8, 4) is 11.8 Å².